The number of amides is 1. The Kier molecular flexibility index (Phi) is 4.68. The molecule has 1 aliphatic rings. The molecule has 88 valence electrons. The molecule has 2 atom stereocenters. The largest absolute Gasteiger partial charge is 0.330 e. The number of carbonyl (C=O) groups excluding carboxylic acids is 1. The van der Waals surface area contributed by atoms with Crippen molar-refractivity contribution in [1.82, 2.24) is 8.01 Å². The molecule has 0 unspecified atom stereocenters. The van der Waals surface area contributed by atoms with Crippen LogP contribution < -0.4 is 0 Å². The van der Waals surface area contributed by atoms with Crippen molar-refractivity contribution in [3.63, 3.8) is 0 Å². The third kappa shape index (κ3) is 2.92. The van der Waals surface area contributed by atoms with E-state index in [1.54, 1.807) is 0 Å². The van der Waals surface area contributed by atoms with E-state index in [1.807, 2.05) is 16.1 Å². The highest BCUT2D eigenvalue weighted by Crippen LogP contribution is 2.22. The molecular weight excluding hydrogens is 324 g/mol. The Balaban J connectivity index is 2.82. The number of halogens is 2. The van der Waals surface area contributed by atoms with Gasteiger partial charge in [-0.2, -0.15) is 5.26 Å². The van der Waals surface area contributed by atoms with E-state index >= 15 is 0 Å². The van der Waals surface area contributed by atoms with Gasteiger partial charge < -0.3 is 4.90 Å². The Morgan fingerprint density at radius 2 is 2.31 bits per heavy atom. The zero-order valence-corrected chi connectivity index (χ0v) is 11.1. The molecule has 1 fully saturated rings. The van der Waals surface area contributed by atoms with Crippen LogP contribution in [0, 0.1) is 11.3 Å². The van der Waals surface area contributed by atoms with Crippen molar-refractivity contribution in [2.24, 2.45) is 0 Å². The summed E-state index contributed by atoms with van der Waals surface area (Å²) in [6.07, 6.45) is 0.214. The highest BCUT2D eigenvalue weighted by atomic mass is 127. The van der Waals surface area contributed by atoms with Gasteiger partial charge in [-0.25, -0.2) is 7.50 Å². The molecule has 0 aliphatic carbocycles. The van der Waals surface area contributed by atoms with Crippen LogP contribution in [0.2, 0.25) is 0 Å². The molecule has 0 aromatic heterocycles. The number of piperazine rings is 1. The molecule has 0 aromatic rings. The molecule has 4 nitrogen and oxygen atoms in total. The Morgan fingerprint density at radius 1 is 1.69 bits per heavy atom. The first-order chi connectivity index (χ1) is 7.47. The molecular formula is C10H13FIN3O. The number of nitriles is 1. The van der Waals surface area contributed by atoms with Gasteiger partial charge in [-0.1, -0.05) is 6.58 Å². The fourth-order valence-electron chi connectivity index (χ4n) is 1.69. The van der Waals surface area contributed by atoms with Gasteiger partial charge in [0.1, 0.15) is 0 Å². The lowest BCUT2D eigenvalue weighted by Crippen LogP contribution is -2.56. The molecule has 0 spiro atoms. The lowest BCUT2D eigenvalue weighted by molar-refractivity contribution is -0.133. The fraction of sp³-hybridized carbons (Fsp3) is 0.600. The standard InChI is InChI=1S/C10H13FIN3O/c1-7-5-14(10(16)8(2)11)9(3-4-13)6-15(7)12/h7,9H,2-3,5-6H2,1H3/t7-,9+/m1/s1. The quantitative estimate of drug-likeness (QED) is 0.437. The SMILES string of the molecule is C=C(F)C(=O)N1C[C@@H](C)N(I)C[C@@H]1CC#N. The van der Waals surface area contributed by atoms with Gasteiger partial charge in [0, 0.05) is 42.0 Å². The second-order valence-corrected chi connectivity index (χ2v) is 5.05. The summed E-state index contributed by atoms with van der Waals surface area (Å²) in [5.41, 5.74) is 0. The predicted molar refractivity (Wildman–Crippen MR) is 66.2 cm³/mol. The summed E-state index contributed by atoms with van der Waals surface area (Å²) in [4.78, 5) is 13.0. The smallest absolute Gasteiger partial charge is 0.282 e. The monoisotopic (exact) mass is 337 g/mol. The average Bonchev–Trinajstić information content (AvgIpc) is 2.22. The van der Waals surface area contributed by atoms with Crippen LogP contribution >= 0.6 is 22.9 Å². The first-order valence-electron chi connectivity index (χ1n) is 4.92. The molecule has 16 heavy (non-hydrogen) atoms. The van der Waals surface area contributed by atoms with Crippen LogP contribution in [0.1, 0.15) is 13.3 Å². The minimum atomic E-state index is -0.961. The number of hydrogen-bond acceptors (Lipinski definition) is 3. The zero-order valence-electron chi connectivity index (χ0n) is 8.99. The summed E-state index contributed by atoms with van der Waals surface area (Å²) >= 11 is 2.16. The average molecular weight is 337 g/mol. The lowest BCUT2D eigenvalue weighted by Gasteiger charge is -2.41. The summed E-state index contributed by atoms with van der Waals surface area (Å²) in [6, 6.07) is 1.92. The van der Waals surface area contributed by atoms with E-state index in [9.17, 15) is 9.18 Å². The minimum absolute atomic E-state index is 0.152. The molecule has 1 saturated heterocycles. The highest BCUT2D eigenvalue weighted by Gasteiger charge is 2.34. The van der Waals surface area contributed by atoms with Crippen molar-refractivity contribution in [1.29, 1.82) is 5.26 Å². The van der Waals surface area contributed by atoms with Gasteiger partial charge in [-0.3, -0.25) is 4.79 Å². The molecule has 0 bridgehead atoms. The Morgan fingerprint density at radius 3 is 2.81 bits per heavy atom. The van der Waals surface area contributed by atoms with Gasteiger partial charge in [0.05, 0.1) is 18.5 Å². The van der Waals surface area contributed by atoms with Crippen molar-refractivity contribution in [2.75, 3.05) is 13.1 Å². The fourth-order valence-corrected chi connectivity index (χ4v) is 2.32. The summed E-state index contributed by atoms with van der Waals surface area (Å²) in [7, 11) is 0. The molecule has 1 heterocycles. The van der Waals surface area contributed by atoms with Crippen molar-refractivity contribution < 1.29 is 9.18 Å². The third-order valence-electron chi connectivity index (χ3n) is 2.58. The summed E-state index contributed by atoms with van der Waals surface area (Å²) in [6.45, 7) is 5.97. The topological polar surface area (TPSA) is 47.3 Å². The molecule has 1 aliphatic heterocycles. The van der Waals surface area contributed by atoms with E-state index in [4.69, 9.17) is 5.26 Å². The third-order valence-corrected chi connectivity index (χ3v) is 3.93. The van der Waals surface area contributed by atoms with E-state index in [2.05, 4.69) is 29.4 Å². The Hall–Kier alpha value is -0.680. The van der Waals surface area contributed by atoms with Gasteiger partial charge in [0.15, 0.2) is 5.83 Å². The summed E-state index contributed by atoms with van der Waals surface area (Å²) < 4.78 is 14.9. The van der Waals surface area contributed by atoms with Gasteiger partial charge in [-0.05, 0) is 6.92 Å². The number of rotatable bonds is 2. The van der Waals surface area contributed by atoms with Crippen LogP contribution in [-0.4, -0.2) is 39.1 Å². The zero-order chi connectivity index (χ0) is 12.3. The minimum Gasteiger partial charge on any atom is -0.330 e. The number of hydrogen-bond donors (Lipinski definition) is 0. The van der Waals surface area contributed by atoms with Crippen molar-refractivity contribution in [3.8, 4) is 6.07 Å². The maximum Gasteiger partial charge on any atom is 0.282 e. The lowest BCUT2D eigenvalue weighted by atomic mass is 10.1. The maximum atomic E-state index is 12.8. The van der Waals surface area contributed by atoms with Gasteiger partial charge in [-0.15, -0.1) is 0 Å². The van der Waals surface area contributed by atoms with E-state index < -0.39 is 11.7 Å². The van der Waals surface area contributed by atoms with E-state index in [0.717, 1.165) is 0 Å². The van der Waals surface area contributed by atoms with E-state index in [-0.39, 0.29) is 18.5 Å². The van der Waals surface area contributed by atoms with Crippen LogP contribution in [0.25, 0.3) is 0 Å². The van der Waals surface area contributed by atoms with Crippen molar-refractivity contribution in [3.05, 3.63) is 12.4 Å². The van der Waals surface area contributed by atoms with Crippen LogP contribution in [0.3, 0.4) is 0 Å². The highest BCUT2D eigenvalue weighted by molar-refractivity contribution is 14.1. The first-order valence-corrected chi connectivity index (χ1v) is 5.88. The molecule has 0 radical (unpaired) electrons. The molecule has 0 N–H and O–H groups in total. The van der Waals surface area contributed by atoms with Crippen molar-refractivity contribution in [2.45, 2.75) is 25.4 Å². The van der Waals surface area contributed by atoms with Crippen LogP contribution in [0.15, 0.2) is 12.4 Å². The molecule has 0 saturated carbocycles. The van der Waals surface area contributed by atoms with Gasteiger partial charge >= 0.3 is 0 Å². The maximum absolute atomic E-state index is 12.8. The normalized spacial score (nSPS) is 26.2. The van der Waals surface area contributed by atoms with Gasteiger partial charge in [0.2, 0.25) is 0 Å². The van der Waals surface area contributed by atoms with E-state index in [1.165, 1.54) is 4.90 Å². The number of nitrogens with zero attached hydrogens (tertiary/aromatic N) is 3. The molecule has 0 aromatic carbocycles. The molecule has 6 heteroatoms. The first kappa shape index (κ1) is 13.4. The van der Waals surface area contributed by atoms with E-state index in [0.29, 0.717) is 13.1 Å². The van der Waals surface area contributed by atoms with Crippen LogP contribution in [0.5, 0.6) is 0 Å². The number of carbonyl (C=O) groups is 1. The summed E-state index contributed by atoms with van der Waals surface area (Å²) in [5.74, 6) is -1.66. The van der Waals surface area contributed by atoms with Crippen molar-refractivity contribution >= 4 is 28.8 Å². The Bertz CT molecular complexity index is 341. The summed E-state index contributed by atoms with van der Waals surface area (Å²) in [5, 5.41) is 8.68. The second-order valence-electron chi connectivity index (χ2n) is 3.81. The molecule has 1 amide bonds. The van der Waals surface area contributed by atoms with Crippen LogP contribution in [0.4, 0.5) is 4.39 Å². The Labute approximate surface area is 108 Å². The predicted octanol–water partition coefficient (Wildman–Crippen LogP) is 1.63. The van der Waals surface area contributed by atoms with Gasteiger partial charge in [0.25, 0.3) is 5.91 Å². The second kappa shape index (κ2) is 5.59. The van der Waals surface area contributed by atoms with Crippen LogP contribution in [-0.2, 0) is 4.79 Å². The molecule has 1 rings (SSSR count).